The average Bonchev–Trinajstić information content (AvgIpc) is 2.75. The second-order valence-corrected chi connectivity index (χ2v) is 7.94. The number of hydrogen-bond acceptors (Lipinski definition) is 6. The van der Waals surface area contributed by atoms with Crippen LogP contribution in [0.5, 0.6) is 11.6 Å². The maximum Gasteiger partial charge on any atom is 0.414 e. The summed E-state index contributed by atoms with van der Waals surface area (Å²) in [5.74, 6) is 0.878. The van der Waals surface area contributed by atoms with Gasteiger partial charge in [0.25, 0.3) is 5.91 Å². The fourth-order valence-electron chi connectivity index (χ4n) is 3.12. The molecule has 1 aromatic heterocycles. The Labute approximate surface area is 182 Å². The lowest BCUT2D eigenvalue weighted by molar-refractivity contribution is -0.114. The van der Waals surface area contributed by atoms with Gasteiger partial charge in [-0.15, -0.1) is 0 Å². The summed E-state index contributed by atoms with van der Waals surface area (Å²) in [5.41, 5.74) is 1.33. The lowest BCUT2D eigenvalue weighted by Gasteiger charge is -2.37. The van der Waals surface area contributed by atoms with Crippen LogP contribution < -0.4 is 19.3 Å². The van der Waals surface area contributed by atoms with Gasteiger partial charge in [-0.1, -0.05) is 0 Å². The van der Waals surface area contributed by atoms with E-state index in [0.29, 0.717) is 36.1 Å². The average molecular weight is 425 g/mol. The Morgan fingerprint density at radius 2 is 1.74 bits per heavy atom. The van der Waals surface area contributed by atoms with E-state index in [-0.39, 0.29) is 5.91 Å². The van der Waals surface area contributed by atoms with Gasteiger partial charge >= 0.3 is 6.09 Å². The van der Waals surface area contributed by atoms with Crippen LogP contribution >= 0.6 is 0 Å². The second kappa shape index (κ2) is 9.07. The summed E-state index contributed by atoms with van der Waals surface area (Å²) in [4.78, 5) is 33.0. The third kappa shape index (κ3) is 5.33. The van der Waals surface area contributed by atoms with E-state index < -0.39 is 11.7 Å². The number of amides is 2. The van der Waals surface area contributed by atoms with Crippen molar-refractivity contribution < 1.29 is 23.8 Å². The van der Waals surface area contributed by atoms with Crippen molar-refractivity contribution >= 4 is 29.5 Å². The first-order valence-electron chi connectivity index (χ1n) is 9.90. The Kier molecular flexibility index (Phi) is 6.48. The topological polar surface area (TPSA) is 81.2 Å². The van der Waals surface area contributed by atoms with Gasteiger partial charge < -0.3 is 19.1 Å². The number of benzene rings is 1. The molecule has 0 fully saturated rings. The summed E-state index contributed by atoms with van der Waals surface area (Å²) in [7, 11) is 3.10. The largest absolute Gasteiger partial charge is 0.497 e. The van der Waals surface area contributed by atoms with Crippen molar-refractivity contribution in [3.63, 3.8) is 0 Å². The van der Waals surface area contributed by atoms with Crippen molar-refractivity contribution in [2.45, 2.75) is 26.4 Å². The molecule has 1 aliphatic heterocycles. The number of pyridine rings is 1. The standard InChI is InChI=1S/C23H27N3O5/c1-23(2,3)31-22(28)26-13-12-25(19-14-17(29-4)8-9-18(19)26)21(27)11-7-16-6-10-20(30-5)24-15-16/h6-11,14-15H,12-13H2,1-5H3. The maximum atomic E-state index is 13.0. The lowest BCUT2D eigenvalue weighted by atomic mass is 10.1. The summed E-state index contributed by atoms with van der Waals surface area (Å²) >= 11 is 0. The predicted molar refractivity (Wildman–Crippen MR) is 119 cm³/mol. The van der Waals surface area contributed by atoms with Gasteiger partial charge in [0.1, 0.15) is 11.4 Å². The van der Waals surface area contributed by atoms with Crippen LogP contribution in [0.4, 0.5) is 16.2 Å². The first-order valence-corrected chi connectivity index (χ1v) is 9.90. The molecule has 8 heteroatoms. The number of rotatable bonds is 4. The molecule has 2 amide bonds. The highest BCUT2D eigenvalue weighted by atomic mass is 16.6. The highest BCUT2D eigenvalue weighted by Crippen LogP contribution is 2.37. The number of carbonyl (C=O) groups is 2. The Balaban J connectivity index is 1.86. The van der Waals surface area contributed by atoms with Crippen LogP contribution in [0.15, 0.2) is 42.6 Å². The summed E-state index contributed by atoms with van der Waals surface area (Å²) in [6, 6.07) is 8.79. The van der Waals surface area contributed by atoms with Crippen LogP contribution in [0.1, 0.15) is 26.3 Å². The fraction of sp³-hybridized carbons (Fsp3) is 0.348. The van der Waals surface area contributed by atoms with Gasteiger partial charge in [0, 0.05) is 37.5 Å². The van der Waals surface area contributed by atoms with Crippen LogP contribution in [0.25, 0.3) is 6.08 Å². The molecule has 0 aliphatic carbocycles. The van der Waals surface area contributed by atoms with Crippen molar-refractivity contribution in [3.05, 3.63) is 48.2 Å². The number of nitrogens with zero attached hydrogens (tertiary/aromatic N) is 3. The zero-order chi connectivity index (χ0) is 22.6. The van der Waals surface area contributed by atoms with Crippen molar-refractivity contribution in [1.82, 2.24) is 4.98 Å². The maximum absolute atomic E-state index is 13.0. The molecule has 0 saturated carbocycles. The van der Waals surface area contributed by atoms with Gasteiger partial charge in [0.05, 0.1) is 25.6 Å². The van der Waals surface area contributed by atoms with E-state index in [0.717, 1.165) is 5.56 Å². The van der Waals surface area contributed by atoms with E-state index in [1.54, 1.807) is 60.6 Å². The van der Waals surface area contributed by atoms with Crippen molar-refractivity contribution in [1.29, 1.82) is 0 Å². The molecule has 31 heavy (non-hydrogen) atoms. The van der Waals surface area contributed by atoms with Crippen molar-refractivity contribution in [2.24, 2.45) is 0 Å². The third-order valence-corrected chi connectivity index (χ3v) is 4.58. The molecule has 164 valence electrons. The number of methoxy groups -OCH3 is 2. The van der Waals surface area contributed by atoms with Crippen LogP contribution in [0, 0.1) is 0 Å². The number of hydrogen-bond donors (Lipinski definition) is 0. The van der Waals surface area contributed by atoms with Crippen LogP contribution in [-0.2, 0) is 9.53 Å². The Morgan fingerprint density at radius 3 is 2.35 bits per heavy atom. The number of carbonyl (C=O) groups excluding carboxylic acids is 2. The second-order valence-electron chi connectivity index (χ2n) is 7.94. The van der Waals surface area contributed by atoms with Gasteiger partial charge in [-0.05, 0) is 50.6 Å². The number of anilines is 2. The first-order chi connectivity index (χ1) is 14.7. The molecular weight excluding hydrogens is 398 g/mol. The van der Waals surface area contributed by atoms with Crippen molar-refractivity contribution in [3.8, 4) is 11.6 Å². The normalized spacial score (nSPS) is 13.7. The van der Waals surface area contributed by atoms with E-state index in [1.807, 2.05) is 26.8 Å². The number of fused-ring (bicyclic) bond motifs is 1. The molecule has 2 heterocycles. The smallest absolute Gasteiger partial charge is 0.414 e. The van der Waals surface area contributed by atoms with Crippen LogP contribution in [0.3, 0.4) is 0 Å². The van der Waals surface area contributed by atoms with Crippen LogP contribution in [-0.4, -0.2) is 49.9 Å². The van der Waals surface area contributed by atoms with E-state index in [2.05, 4.69) is 4.98 Å². The molecule has 0 N–H and O–H groups in total. The highest BCUT2D eigenvalue weighted by molar-refractivity contribution is 6.08. The zero-order valence-electron chi connectivity index (χ0n) is 18.4. The van der Waals surface area contributed by atoms with E-state index in [9.17, 15) is 9.59 Å². The molecule has 2 aromatic rings. The van der Waals surface area contributed by atoms with E-state index >= 15 is 0 Å². The summed E-state index contributed by atoms with van der Waals surface area (Å²) < 4.78 is 15.9. The third-order valence-electron chi connectivity index (χ3n) is 4.58. The van der Waals surface area contributed by atoms with Gasteiger partial charge in [0.15, 0.2) is 0 Å². The molecule has 0 bridgehead atoms. The fourth-order valence-corrected chi connectivity index (χ4v) is 3.12. The summed E-state index contributed by atoms with van der Waals surface area (Å²) in [5, 5.41) is 0. The quantitative estimate of drug-likeness (QED) is 0.691. The van der Waals surface area contributed by atoms with Gasteiger partial charge in [-0.2, -0.15) is 0 Å². The molecule has 3 rings (SSSR count). The molecule has 0 radical (unpaired) electrons. The van der Waals surface area contributed by atoms with Crippen LogP contribution in [0.2, 0.25) is 0 Å². The zero-order valence-corrected chi connectivity index (χ0v) is 18.4. The molecule has 0 spiro atoms. The minimum absolute atomic E-state index is 0.214. The molecule has 0 atom stereocenters. The molecule has 1 aliphatic rings. The monoisotopic (exact) mass is 425 g/mol. The highest BCUT2D eigenvalue weighted by Gasteiger charge is 2.32. The van der Waals surface area contributed by atoms with Gasteiger partial charge in [-0.3, -0.25) is 9.69 Å². The molecular formula is C23H27N3O5. The summed E-state index contributed by atoms with van der Waals surface area (Å²) in [6.45, 7) is 6.09. The van der Waals surface area contributed by atoms with Crippen molar-refractivity contribution in [2.75, 3.05) is 37.1 Å². The summed E-state index contributed by atoms with van der Waals surface area (Å²) in [6.07, 6.45) is 4.34. The van der Waals surface area contributed by atoms with Gasteiger partial charge in [0.2, 0.25) is 5.88 Å². The molecule has 1 aromatic carbocycles. The van der Waals surface area contributed by atoms with E-state index in [1.165, 1.54) is 6.08 Å². The number of aromatic nitrogens is 1. The number of ether oxygens (including phenoxy) is 3. The lowest BCUT2D eigenvalue weighted by Crippen LogP contribution is -2.47. The minimum Gasteiger partial charge on any atom is -0.497 e. The van der Waals surface area contributed by atoms with E-state index in [4.69, 9.17) is 14.2 Å². The van der Waals surface area contributed by atoms with Gasteiger partial charge in [-0.25, -0.2) is 9.78 Å². The first kappa shape index (κ1) is 22.1. The Morgan fingerprint density at radius 1 is 1.00 bits per heavy atom. The molecule has 8 nitrogen and oxygen atoms in total. The molecule has 0 saturated heterocycles. The minimum atomic E-state index is -0.619. The predicted octanol–water partition coefficient (Wildman–Crippen LogP) is 3.90. The Bertz CT molecular complexity index is 980. The SMILES string of the molecule is COc1ccc2c(c1)N(C(=O)C=Cc1ccc(OC)nc1)CCN2C(=O)OC(C)(C)C. The molecule has 0 unspecified atom stereocenters. The Hall–Kier alpha value is -3.55.